The monoisotopic (exact) mass is 196 g/mol. The molecule has 1 aliphatic heterocycles. The van der Waals surface area contributed by atoms with Gasteiger partial charge in [-0.1, -0.05) is 12.8 Å². The molecular weight excluding hydrogens is 176 g/mol. The molecule has 1 amide bonds. The van der Waals surface area contributed by atoms with Gasteiger partial charge in [-0.25, -0.2) is 0 Å². The highest BCUT2D eigenvalue weighted by Crippen LogP contribution is 2.23. The van der Waals surface area contributed by atoms with Gasteiger partial charge in [0, 0.05) is 13.1 Å². The van der Waals surface area contributed by atoms with Crippen molar-refractivity contribution in [1.29, 1.82) is 0 Å². The van der Waals surface area contributed by atoms with E-state index in [0.717, 1.165) is 32.0 Å². The smallest absolute Gasteiger partial charge is 0.224 e. The third-order valence-electron chi connectivity index (χ3n) is 3.47. The largest absolute Gasteiger partial charge is 0.356 e. The van der Waals surface area contributed by atoms with Crippen LogP contribution >= 0.6 is 0 Å². The van der Waals surface area contributed by atoms with Crippen LogP contribution in [-0.2, 0) is 4.79 Å². The van der Waals surface area contributed by atoms with Crippen LogP contribution in [0.5, 0.6) is 0 Å². The summed E-state index contributed by atoms with van der Waals surface area (Å²) in [6.07, 6.45) is 6.33. The third kappa shape index (κ3) is 2.47. The van der Waals surface area contributed by atoms with Crippen molar-refractivity contribution in [2.45, 2.75) is 32.1 Å². The summed E-state index contributed by atoms with van der Waals surface area (Å²) in [5.74, 6) is 1.26. The predicted molar refractivity (Wildman–Crippen MR) is 55.9 cm³/mol. The molecule has 0 aromatic heterocycles. The average Bonchev–Trinajstić information content (AvgIpc) is 2.87. The lowest BCUT2D eigenvalue weighted by atomic mass is 10.1. The minimum atomic E-state index is 0.233. The number of carbonyl (C=O) groups excluding carboxylic acids is 1. The molecule has 2 aliphatic rings. The second-order valence-corrected chi connectivity index (χ2v) is 4.59. The zero-order chi connectivity index (χ0) is 9.80. The van der Waals surface area contributed by atoms with E-state index >= 15 is 0 Å². The minimum absolute atomic E-state index is 0.233. The number of hydrogen-bond donors (Lipinski definition) is 2. The highest BCUT2D eigenvalue weighted by Gasteiger charge is 2.23. The SMILES string of the molecule is O=C(NCC1CCCC1)C1CCNC1. The van der Waals surface area contributed by atoms with Crippen LogP contribution in [0, 0.1) is 11.8 Å². The average molecular weight is 196 g/mol. The van der Waals surface area contributed by atoms with Crippen molar-refractivity contribution < 1.29 is 4.79 Å². The fraction of sp³-hybridized carbons (Fsp3) is 0.909. The first kappa shape index (κ1) is 9.97. The third-order valence-corrected chi connectivity index (χ3v) is 3.47. The van der Waals surface area contributed by atoms with E-state index in [-0.39, 0.29) is 11.8 Å². The number of hydrogen-bond acceptors (Lipinski definition) is 2. The van der Waals surface area contributed by atoms with E-state index < -0.39 is 0 Å². The van der Waals surface area contributed by atoms with Crippen molar-refractivity contribution in [2.24, 2.45) is 11.8 Å². The summed E-state index contributed by atoms with van der Waals surface area (Å²) >= 11 is 0. The van der Waals surface area contributed by atoms with E-state index in [1.54, 1.807) is 0 Å². The maximum atomic E-state index is 11.7. The Bertz CT molecular complexity index is 193. The van der Waals surface area contributed by atoms with Gasteiger partial charge in [-0.2, -0.15) is 0 Å². The quantitative estimate of drug-likeness (QED) is 0.704. The number of amides is 1. The molecule has 14 heavy (non-hydrogen) atoms. The number of carbonyl (C=O) groups is 1. The van der Waals surface area contributed by atoms with Crippen LogP contribution in [0.25, 0.3) is 0 Å². The molecule has 80 valence electrons. The molecule has 1 saturated heterocycles. The first-order chi connectivity index (χ1) is 6.86. The van der Waals surface area contributed by atoms with Gasteiger partial charge in [0.2, 0.25) is 5.91 Å². The van der Waals surface area contributed by atoms with E-state index in [4.69, 9.17) is 0 Å². The van der Waals surface area contributed by atoms with Gasteiger partial charge in [-0.05, 0) is 31.7 Å². The summed E-state index contributed by atoms with van der Waals surface area (Å²) in [7, 11) is 0. The van der Waals surface area contributed by atoms with E-state index in [9.17, 15) is 4.79 Å². The lowest BCUT2D eigenvalue weighted by Gasteiger charge is -2.13. The van der Waals surface area contributed by atoms with Crippen LogP contribution < -0.4 is 10.6 Å². The second kappa shape index (κ2) is 4.78. The lowest BCUT2D eigenvalue weighted by Crippen LogP contribution is -2.34. The Balaban J connectivity index is 1.66. The van der Waals surface area contributed by atoms with Crippen LogP contribution in [0.15, 0.2) is 0 Å². The number of rotatable bonds is 3. The van der Waals surface area contributed by atoms with Gasteiger partial charge in [0.1, 0.15) is 0 Å². The van der Waals surface area contributed by atoms with Gasteiger partial charge in [-0.15, -0.1) is 0 Å². The molecule has 2 fully saturated rings. The zero-order valence-corrected chi connectivity index (χ0v) is 8.72. The van der Waals surface area contributed by atoms with Crippen molar-refractivity contribution in [3.8, 4) is 0 Å². The molecule has 3 nitrogen and oxygen atoms in total. The molecule has 0 aromatic rings. The van der Waals surface area contributed by atoms with E-state index in [1.165, 1.54) is 25.7 Å². The normalized spacial score (nSPS) is 28.1. The highest BCUT2D eigenvalue weighted by molar-refractivity contribution is 5.79. The zero-order valence-electron chi connectivity index (χ0n) is 8.72. The lowest BCUT2D eigenvalue weighted by molar-refractivity contribution is -0.124. The van der Waals surface area contributed by atoms with Crippen LogP contribution in [0.1, 0.15) is 32.1 Å². The minimum Gasteiger partial charge on any atom is -0.356 e. The summed E-state index contributed by atoms with van der Waals surface area (Å²) in [4.78, 5) is 11.7. The maximum Gasteiger partial charge on any atom is 0.224 e. The molecule has 2 rings (SSSR count). The molecular formula is C11H20N2O. The molecule has 2 N–H and O–H groups in total. The standard InChI is InChI=1S/C11H20N2O/c14-11(10-5-6-12-8-10)13-7-9-3-1-2-4-9/h9-10,12H,1-8H2,(H,13,14). The molecule has 1 atom stereocenters. The van der Waals surface area contributed by atoms with Crippen molar-refractivity contribution in [2.75, 3.05) is 19.6 Å². The predicted octanol–water partition coefficient (Wildman–Crippen LogP) is 0.902. The van der Waals surface area contributed by atoms with Crippen molar-refractivity contribution in [3.63, 3.8) is 0 Å². The summed E-state index contributed by atoms with van der Waals surface area (Å²) < 4.78 is 0. The fourth-order valence-corrected chi connectivity index (χ4v) is 2.48. The van der Waals surface area contributed by atoms with Gasteiger partial charge in [-0.3, -0.25) is 4.79 Å². The van der Waals surface area contributed by atoms with Crippen LogP contribution in [0.3, 0.4) is 0 Å². The Morgan fingerprint density at radius 2 is 2.07 bits per heavy atom. The summed E-state index contributed by atoms with van der Waals surface area (Å²) in [6, 6.07) is 0. The molecule has 3 heteroatoms. The Hall–Kier alpha value is -0.570. The molecule has 0 spiro atoms. The number of nitrogens with one attached hydrogen (secondary N) is 2. The molecule has 0 radical (unpaired) electrons. The molecule has 1 saturated carbocycles. The van der Waals surface area contributed by atoms with E-state index in [1.807, 2.05) is 0 Å². The van der Waals surface area contributed by atoms with Crippen molar-refractivity contribution in [3.05, 3.63) is 0 Å². The topological polar surface area (TPSA) is 41.1 Å². The maximum absolute atomic E-state index is 11.7. The van der Waals surface area contributed by atoms with E-state index in [0.29, 0.717) is 0 Å². The van der Waals surface area contributed by atoms with Crippen LogP contribution in [0.2, 0.25) is 0 Å². The summed E-state index contributed by atoms with van der Waals surface area (Å²) in [6.45, 7) is 2.79. The fourth-order valence-electron chi connectivity index (χ4n) is 2.48. The van der Waals surface area contributed by atoms with Crippen molar-refractivity contribution in [1.82, 2.24) is 10.6 Å². The highest BCUT2D eigenvalue weighted by atomic mass is 16.1. The molecule has 1 aliphatic carbocycles. The van der Waals surface area contributed by atoms with Gasteiger partial charge < -0.3 is 10.6 Å². The molecule has 1 heterocycles. The first-order valence-corrected chi connectivity index (χ1v) is 5.84. The Kier molecular flexibility index (Phi) is 3.40. The first-order valence-electron chi connectivity index (χ1n) is 5.84. The van der Waals surface area contributed by atoms with Gasteiger partial charge in [0.05, 0.1) is 5.92 Å². The van der Waals surface area contributed by atoms with Gasteiger partial charge in [0.15, 0.2) is 0 Å². The Labute approximate surface area is 85.6 Å². The Morgan fingerprint density at radius 3 is 2.71 bits per heavy atom. The summed E-state index contributed by atoms with van der Waals surface area (Å²) in [5, 5.41) is 6.31. The Morgan fingerprint density at radius 1 is 1.29 bits per heavy atom. The van der Waals surface area contributed by atoms with Gasteiger partial charge >= 0.3 is 0 Å². The van der Waals surface area contributed by atoms with E-state index in [2.05, 4.69) is 10.6 Å². The van der Waals surface area contributed by atoms with Crippen LogP contribution in [0.4, 0.5) is 0 Å². The van der Waals surface area contributed by atoms with Crippen molar-refractivity contribution >= 4 is 5.91 Å². The van der Waals surface area contributed by atoms with Crippen LogP contribution in [-0.4, -0.2) is 25.5 Å². The second-order valence-electron chi connectivity index (χ2n) is 4.59. The summed E-state index contributed by atoms with van der Waals surface area (Å²) in [5.41, 5.74) is 0. The molecule has 0 bridgehead atoms. The molecule has 0 aromatic carbocycles. The van der Waals surface area contributed by atoms with Gasteiger partial charge in [0.25, 0.3) is 0 Å². The molecule has 1 unspecified atom stereocenters.